The molecule has 1 heterocycles. The fourth-order valence-electron chi connectivity index (χ4n) is 2.11. The summed E-state index contributed by atoms with van der Waals surface area (Å²) >= 11 is 0. The van der Waals surface area contributed by atoms with Crippen molar-refractivity contribution in [3.8, 4) is 0 Å². The molecule has 0 aliphatic carbocycles. The summed E-state index contributed by atoms with van der Waals surface area (Å²) in [6, 6.07) is 0. The van der Waals surface area contributed by atoms with Crippen molar-refractivity contribution in [3.63, 3.8) is 0 Å². The van der Waals surface area contributed by atoms with Crippen LogP contribution in [-0.4, -0.2) is 43.1 Å². The van der Waals surface area contributed by atoms with Gasteiger partial charge in [0, 0.05) is 32.1 Å². The van der Waals surface area contributed by atoms with Crippen LogP contribution in [0, 0.1) is 6.92 Å². The zero-order valence-corrected chi connectivity index (χ0v) is 13.9. The second kappa shape index (κ2) is 7.81. The lowest BCUT2D eigenvalue weighted by molar-refractivity contribution is -0.119. The van der Waals surface area contributed by atoms with E-state index in [-0.39, 0.29) is 11.8 Å². The number of nitrogens with one attached hydrogen (secondary N) is 2. The van der Waals surface area contributed by atoms with E-state index in [9.17, 15) is 4.79 Å². The number of hydrogen-bond donors (Lipinski definition) is 2. The van der Waals surface area contributed by atoms with Crippen LogP contribution in [0.15, 0.2) is 0 Å². The normalized spacial score (nSPS) is 10.6. The van der Waals surface area contributed by atoms with Crippen LogP contribution < -0.4 is 15.5 Å². The standard InChI is InChI=1S/C15H27N5O/c1-7-8-20(9-12(21)16-5)15-11(4)14(17-6)18-13(19-15)10(2)3/h10H,7-9H2,1-6H3,(H,16,21)(H,17,18,19). The van der Waals surface area contributed by atoms with Crippen molar-refractivity contribution in [1.82, 2.24) is 15.3 Å². The lowest BCUT2D eigenvalue weighted by Crippen LogP contribution is -2.37. The summed E-state index contributed by atoms with van der Waals surface area (Å²) in [5, 5.41) is 5.79. The van der Waals surface area contributed by atoms with Crippen LogP contribution in [0.2, 0.25) is 0 Å². The molecule has 0 aromatic carbocycles. The second-order valence-corrected chi connectivity index (χ2v) is 5.38. The Morgan fingerprint density at radius 3 is 2.43 bits per heavy atom. The zero-order chi connectivity index (χ0) is 16.0. The Morgan fingerprint density at radius 1 is 1.29 bits per heavy atom. The van der Waals surface area contributed by atoms with Crippen LogP contribution in [0.3, 0.4) is 0 Å². The van der Waals surface area contributed by atoms with Crippen molar-refractivity contribution in [2.45, 2.75) is 40.0 Å². The molecule has 0 fully saturated rings. The van der Waals surface area contributed by atoms with Gasteiger partial charge in [-0.2, -0.15) is 0 Å². The molecule has 1 amide bonds. The predicted octanol–water partition coefficient (Wildman–Crippen LogP) is 1.91. The van der Waals surface area contributed by atoms with Gasteiger partial charge >= 0.3 is 0 Å². The van der Waals surface area contributed by atoms with Crippen molar-refractivity contribution in [2.75, 3.05) is 37.4 Å². The molecule has 118 valence electrons. The molecule has 1 rings (SSSR count). The van der Waals surface area contributed by atoms with E-state index in [1.54, 1.807) is 7.05 Å². The van der Waals surface area contributed by atoms with Crippen molar-refractivity contribution < 1.29 is 4.79 Å². The maximum atomic E-state index is 11.7. The fourth-order valence-corrected chi connectivity index (χ4v) is 2.11. The second-order valence-electron chi connectivity index (χ2n) is 5.38. The zero-order valence-electron chi connectivity index (χ0n) is 13.9. The number of aromatic nitrogens is 2. The van der Waals surface area contributed by atoms with Gasteiger partial charge in [0.1, 0.15) is 17.5 Å². The third-order valence-electron chi connectivity index (χ3n) is 3.30. The van der Waals surface area contributed by atoms with Gasteiger partial charge in [0.15, 0.2) is 0 Å². The summed E-state index contributed by atoms with van der Waals surface area (Å²) in [4.78, 5) is 23.0. The van der Waals surface area contributed by atoms with E-state index in [1.165, 1.54) is 0 Å². The molecule has 2 N–H and O–H groups in total. The van der Waals surface area contributed by atoms with E-state index in [0.29, 0.717) is 6.54 Å². The van der Waals surface area contributed by atoms with Gasteiger partial charge < -0.3 is 15.5 Å². The Kier molecular flexibility index (Phi) is 6.39. The van der Waals surface area contributed by atoms with Crippen LogP contribution >= 0.6 is 0 Å². The van der Waals surface area contributed by atoms with E-state index in [1.807, 2.05) is 18.9 Å². The van der Waals surface area contributed by atoms with Gasteiger partial charge in [-0.15, -0.1) is 0 Å². The minimum atomic E-state index is -0.0152. The first kappa shape index (κ1) is 17.2. The van der Waals surface area contributed by atoms with Gasteiger partial charge in [0.2, 0.25) is 5.91 Å². The first-order valence-corrected chi connectivity index (χ1v) is 7.46. The minimum Gasteiger partial charge on any atom is -0.373 e. The summed E-state index contributed by atoms with van der Waals surface area (Å²) < 4.78 is 0. The number of nitrogens with zero attached hydrogens (tertiary/aromatic N) is 3. The van der Waals surface area contributed by atoms with Crippen molar-refractivity contribution in [1.29, 1.82) is 0 Å². The minimum absolute atomic E-state index is 0.0152. The number of likely N-dealkylation sites (N-methyl/N-ethyl adjacent to an activating group) is 1. The SMILES string of the molecule is CCCN(CC(=O)NC)c1nc(C(C)C)nc(NC)c1C. The quantitative estimate of drug-likeness (QED) is 0.803. The molecule has 0 saturated carbocycles. The van der Waals surface area contributed by atoms with Crippen LogP contribution in [0.4, 0.5) is 11.6 Å². The predicted molar refractivity (Wildman–Crippen MR) is 87.0 cm³/mol. The molecule has 0 radical (unpaired) electrons. The van der Waals surface area contributed by atoms with Crippen LogP contribution in [-0.2, 0) is 4.79 Å². The maximum Gasteiger partial charge on any atom is 0.239 e. The van der Waals surface area contributed by atoms with Crippen LogP contribution in [0.5, 0.6) is 0 Å². The highest BCUT2D eigenvalue weighted by atomic mass is 16.1. The van der Waals surface area contributed by atoms with E-state index >= 15 is 0 Å². The number of rotatable bonds is 7. The summed E-state index contributed by atoms with van der Waals surface area (Å²) in [6.45, 7) is 9.30. The maximum absolute atomic E-state index is 11.7. The molecule has 0 unspecified atom stereocenters. The molecule has 0 aliphatic heterocycles. The molecule has 6 heteroatoms. The molecule has 0 aliphatic rings. The third kappa shape index (κ3) is 4.31. The monoisotopic (exact) mass is 293 g/mol. The Balaban J connectivity index is 3.27. The first-order chi connectivity index (χ1) is 9.94. The highest BCUT2D eigenvalue weighted by Gasteiger charge is 2.18. The Morgan fingerprint density at radius 2 is 1.95 bits per heavy atom. The van der Waals surface area contributed by atoms with Gasteiger partial charge in [-0.05, 0) is 13.3 Å². The molecule has 0 atom stereocenters. The molecule has 1 aromatic heterocycles. The molecular formula is C15H27N5O. The van der Waals surface area contributed by atoms with Crippen LogP contribution in [0.1, 0.15) is 44.5 Å². The number of anilines is 2. The van der Waals surface area contributed by atoms with Gasteiger partial charge in [0.25, 0.3) is 0 Å². The summed E-state index contributed by atoms with van der Waals surface area (Å²) in [7, 11) is 3.50. The largest absolute Gasteiger partial charge is 0.373 e. The summed E-state index contributed by atoms with van der Waals surface area (Å²) in [5.41, 5.74) is 0.972. The van der Waals surface area contributed by atoms with Crippen molar-refractivity contribution in [2.24, 2.45) is 0 Å². The number of hydrogen-bond acceptors (Lipinski definition) is 5. The summed E-state index contributed by atoms with van der Waals surface area (Å²) in [6.07, 6.45) is 0.951. The topological polar surface area (TPSA) is 70.2 Å². The number of carbonyl (C=O) groups excluding carboxylic acids is 1. The van der Waals surface area contributed by atoms with E-state index < -0.39 is 0 Å². The fraction of sp³-hybridized carbons (Fsp3) is 0.667. The first-order valence-electron chi connectivity index (χ1n) is 7.46. The summed E-state index contributed by atoms with van der Waals surface area (Å²) in [5.74, 6) is 2.67. The molecule has 1 aromatic rings. The number of carbonyl (C=O) groups is 1. The molecule has 0 saturated heterocycles. The van der Waals surface area contributed by atoms with Crippen molar-refractivity contribution in [3.05, 3.63) is 11.4 Å². The third-order valence-corrected chi connectivity index (χ3v) is 3.30. The molecular weight excluding hydrogens is 266 g/mol. The van der Waals surface area contributed by atoms with Crippen LogP contribution in [0.25, 0.3) is 0 Å². The Bertz CT molecular complexity index is 487. The number of amides is 1. The average Bonchev–Trinajstić information content (AvgIpc) is 2.46. The lowest BCUT2D eigenvalue weighted by atomic mass is 10.2. The highest BCUT2D eigenvalue weighted by molar-refractivity contribution is 5.81. The van der Waals surface area contributed by atoms with E-state index in [0.717, 1.165) is 36.0 Å². The smallest absolute Gasteiger partial charge is 0.239 e. The van der Waals surface area contributed by atoms with Gasteiger partial charge in [-0.3, -0.25) is 4.79 Å². The average molecular weight is 293 g/mol. The molecule has 6 nitrogen and oxygen atoms in total. The molecule has 0 spiro atoms. The Hall–Kier alpha value is -1.85. The van der Waals surface area contributed by atoms with Gasteiger partial charge in [-0.25, -0.2) is 9.97 Å². The van der Waals surface area contributed by atoms with Gasteiger partial charge in [-0.1, -0.05) is 20.8 Å². The van der Waals surface area contributed by atoms with Crippen molar-refractivity contribution >= 4 is 17.5 Å². The van der Waals surface area contributed by atoms with E-state index in [2.05, 4.69) is 41.4 Å². The van der Waals surface area contributed by atoms with Gasteiger partial charge in [0.05, 0.1) is 6.54 Å². The molecule has 21 heavy (non-hydrogen) atoms. The highest BCUT2D eigenvalue weighted by Crippen LogP contribution is 2.25. The lowest BCUT2D eigenvalue weighted by Gasteiger charge is -2.25. The molecule has 0 bridgehead atoms. The Labute approximate surface area is 127 Å². The van der Waals surface area contributed by atoms with E-state index in [4.69, 9.17) is 0 Å².